The molecule has 0 heterocycles. The Balaban J connectivity index is 2.08. The number of urea groups is 1. The van der Waals surface area contributed by atoms with Gasteiger partial charge in [-0.05, 0) is 36.4 Å². The minimum atomic E-state index is -1.11. The zero-order chi connectivity index (χ0) is 15.4. The number of carboxylic acid groups (broad SMARTS) is 1. The number of carbonyl (C=O) groups excluding carboxylic acids is 1. The number of carboxylic acids is 1. The van der Waals surface area contributed by atoms with E-state index in [1.807, 2.05) is 0 Å². The molecule has 2 amide bonds. The van der Waals surface area contributed by atoms with Crippen LogP contribution in [0.25, 0.3) is 0 Å². The fraction of sp³-hybridized carbons (Fsp3) is 0. The fourth-order valence-electron chi connectivity index (χ4n) is 1.66. The number of rotatable bonds is 3. The van der Waals surface area contributed by atoms with Crippen LogP contribution in [0.3, 0.4) is 0 Å². The fourth-order valence-corrected chi connectivity index (χ4v) is 1.66. The van der Waals surface area contributed by atoms with E-state index in [9.17, 15) is 14.0 Å². The predicted octanol–water partition coefficient (Wildman–Crippen LogP) is 2.75. The van der Waals surface area contributed by atoms with Crippen LogP contribution in [0.4, 0.5) is 26.2 Å². The lowest BCUT2D eigenvalue weighted by molar-refractivity contribution is 0.0697. The van der Waals surface area contributed by atoms with Crippen LogP contribution < -0.4 is 16.4 Å². The molecule has 2 rings (SSSR count). The van der Waals surface area contributed by atoms with Crippen molar-refractivity contribution in [2.75, 3.05) is 16.4 Å². The first-order chi connectivity index (χ1) is 9.95. The molecule has 0 saturated heterocycles. The number of amides is 2. The van der Waals surface area contributed by atoms with Gasteiger partial charge in [-0.15, -0.1) is 0 Å². The predicted molar refractivity (Wildman–Crippen MR) is 76.9 cm³/mol. The van der Waals surface area contributed by atoms with Crippen LogP contribution in [0, 0.1) is 5.82 Å². The molecule has 0 fully saturated rings. The van der Waals surface area contributed by atoms with Gasteiger partial charge in [0.05, 0.1) is 16.9 Å². The summed E-state index contributed by atoms with van der Waals surface area (Å²) in [4.78, 5) is 22.5. The maximum atomic E-state index is 13.0. The van der Waals surface area contributed by atoms with Gasteiger partial charge in [0.1, 0.15) is 5.82 Å². The largest absolute Gasteiger partial charge is 0.478 e. The summed E-state index contributed by atoms with van der Waals surface area (Å²) in [6, 6.07) is 8.72. The Hall–Kier alpha value is -3.09. The molecule has 0 bridgehead atoms. The van der Waals surface area contributed by atoms with Crippen molar-refractivity contribution in [1.29, 1.82) is 0 Å². The molecule has 7 heteroatoms. The van der Waals surface area contributed by atoms with Gasteiger partial charge in [-0.25, -0.2) is 14.0 Å². The Kier molecular flexibility index (Phi) is 4.03. The molecule has 0 unspecified atom stereocenters. The van der Waals surface area contributed by atoms with Gasteiger partial charge in [0.25, 0.3) is 0 Å². The molecule has 0 aliphatic rings. The number of nitrogen functional groups attached to an aromatic ring is 1. The van der Waals surface area contributed by atoms with E-state index in [-0.39, 0.29) is 22.6 Å². The average molecular weight is 289 g/mol. The average Bonchev–Trinajstić information content (AvgIpc) is 2.40. The topological polar surface area (TPSA) is 104 Å². The van der Waals surface area contributed by atoms with Gasteiger partial charge in [0.2, 0.25) is 0 Å². The lowest BCUT2D eigenvalue weighted by Gasteiger charge is -2.10. The van der Waals surface area contributed by atoms with Crippen molar-refractivity contribution < 1.29 is 19.1 Å². The molecule has 108 valence electrons. The Morgan fingerprint density at radius 3 is 2.48 bits per heavy atom. The lowest BCUT2D eigenvalue weighted by Crippen LogP contribution is -2.20. The SMILES string of the molecule is Nc1cc(C(=O)O)ccc1NC(=O)Nc1cccc(F)c1. The number of hydrogen-bond donors (Lipinski definition) is 4. The Morgan fingerprint density at radius 1 is 1.10 bits per heavy atom. The molecule has 0 radical (unpaired) electrons. The molecule has 0 saturated carbocycles. The number of nitrogens with one attached hydrogen (secondary N) is 2. The molecule has 0 aliphatic heterocycles. The first kappa shape index (κ1) is 14.3. The van der Waals surface area contributed by atoms with E-state index >= 15 is 0 Å². The second-order valence-electron chi connectivity index (χ2n) is 4.20. The third kappa shape index (κ3) is 3.69. The third-order valence-electron chi connectivity index (χ3n) is 2.63. The van der Waals surface area contributed by atoms with Crippen molar-refractivity contribution in [2.24, 2.45) is 0 Å². The summed E-state index contributed by atoms with van der Waals surface area (Å²) in [7, 11) is 0. The number of anilines is 3. The highest BCUT2D eigenvalue weighted by Crippen LogP contribution is 2.20. The van der Waals surface area contributed by atoms with Gasteiger partial charge >= 0.3 is 12.0 Å². The molecule has 21 heavy (non-hydrogen) atoms. The van der Waals surface area contributed by atoms with Crippen molar-refractivity contribution in [3.8, 4) is 0 Å². The van der Waals surface area contributed by atoms with E-state index in [2.05, 4.69) is 10.6 Å². The summed E-state index contributed by atoms with van der Waals surface area (Å²) in [5.41, 5.74) is 6.34. The number of carbonyl (C=O) groups is 2. The number of benzene rings is 2. The molecule has 0 spiro atoms. The molecule has 2 aromatic carbocycles. The molecule has 5 N–H and O–H groups in total. The van der Waals surface area contributed by atoms with E-state index in [0.29, 0.717) is 0 Å². The maximum absolute atomic E-state index is 13.0. The van der Waals surface area contributed by atoms with Crippen LogP contribution in [0.15, 0.2) is 42.5 Å². The molecule has 0 aliphatic carbocycles. The van der Waals surface area contributed by atoms with Crippen LogP contribution in [0.5, 0.6) is 0 Å². The summed E-state index contributed by atoms with van der Waals surface area (Å²) >= 11 is 0. The van der Waals surface area contributed by atoms with E-state index in [4.69, 9.17) is 10.8 Å². The van der Waals surface area contributed by atoms with Crippen LogP contribution in [-0.2, 0) is 0 Å². The number of halogens is 1. The number of aromatic carboxylic acids is 1. The maximum Gasteiger partial charge on any atom is 0.335 e. The standard InChI is InChI=1S/C14H12FN3O3/c15-9-2-1-3-10(7-9)17-14(21)18-12-5-4-8(13(19)20)6-11(12)16/h1-7H,16H2,(H,19,20)(H2,17,18,21). The first-order valence-corrected chi connectivity index (χ1v) is 5.92. The van der Waals surface area contributed by atoms with Crippen molar-refractivity contribution >= 4 is 29.1 Å². The van der Waals surface area contributed by atoms with Gasteiger partial charge in [-0.2, -0.15) is 0 Å². The normalized spacial score (nSPS) is 9.95. The summed E-state index contributed by atoms with van der Waals surface area (Å²) in [6.45, 7) is 0. The molecular weight excluding hydrogens is 277 g/mol. The molecule has 0 atom stereocenters. The second kappa shape index (κ2) is 5.91. The molecular formula is C14H12FN3O3. The monoisotopic (exact) mass is 289 g/mol. The Bertz CT molecular complexity index is 704. The van der Waals surface area contributed by atoms with Gasteiger partial charge in [0.15, 0.2) is 0 Å². The van der Waals surface area contributed by atoms with Crippen LogP contribution in [0.2, 0.25) is 0 Å². The summed E-state index contributed by atoms with van der Waals surface area (Å²) in [5, 5.41) is 13.7. The molecule has 2 aromatic rings. The highest BCUT2D eigenvalue weighted by molar-refractivity contribution is 6.02. The number of nitrogens with two attached hydrogens (primary N) is 1. The number of hydrogen-bond acceptors (Lipinski definition) is 3. The van der Waals surface area contributed by atoms with E-state index in [1.54, 1.807) is 0 Å². The Labute approximate surface area is 119 Å². The molecule has 6 nitrogen and oxygen atoms in total. The van der Waals surface area contributed by atoms with E-state index in [1.165, 1.54) is 36.4 Å². The van der Waals surface area contributed by atoms with Gasteiger partial charge in [0, 0.05) is 5.69 Å². The van der Waals surface area contributed by atoms with E-state index in [0.717, 1.165) is 6.07 Å². The van der Waals surface area contributed by atoms with E-state index < -0.39 is 17.8 Å². The van der Waals surface area contributed by atoms with Gasteiger partial charge in [-0.3, -0.25) is 0 Å². The summed E-state index contributed by atoms with van der Waals surface area (Å²) in [5.74, 6) is -1.59. The minimum Gasteiger partial charge on any atom is -0.478 e. The summed E-state index contributed by atoms with van der Waals surface area (Å²) in [6.07, 6.45) is 0. The van der Waals surface area contributed by atoms with Crippen molar-refractivity contribution in [3.63, 3.8) is 0 Å². The first-order valence-electron chi connectivity index (χ1n) is 5.92. The highest BCUT2D eigenvalue weighted by atomic mass is 19.1. The zero-order valence-corrected chi connectivity index (χ0v) is 10.8. The van der Waals surface area contributed by atoms with Crippen LogP contribution >= 0.6 is 0 Å². The quantitative estimate of drug-likeness (QED) is 0.652. The second-order valence-corrected chi connectivity index (χ2v) is 4.20. The highest BCUT2D eigenvalue weighted by Gasteiger charge is 2.09. The minimum absolute atomic E-state index is 0.0172. The zero-order valence-electron chi connectivity index (χ0n) is 10.8. The van der Waals surface area contributed by atoms with Crippen molar-refractivity contribution in [1.82, 2.24) is 0 Å². The smallest absolute Gasteiger partial charge is 0.335 e. The van der Waals surface area contributed by atoms with Crippen molar-refractivity contribution in [2.45, 2.75) is 0 Å². The Morgan fingerprint density at radius 2 is 1.86 bits per heavy atom. The molecule has 0 aromatic heterocycles. The summed E-state index contributed by atoms with van der Waals surface area (Å²) < 4.78 is 13.0. The third-order valence-corrected chi connectivity index (χ3v) is 2.63. The van der Waals surface area contributed by atoms with Crippen LogP contribution in [0.1, 0.15) is 10.4 Å². The lowest BCUT2D eigenvalue weighted by atomic mass is 10.2. The van der Waals surface area contributed by atoms with Gasteiger partial charge < -0.3 is 21.5 Å². The van der Waals surface area contributed by atoms with Gasteiger partial charge in [-0.1, -0.05) is 6.07 Å². The van der Waals surface area contributed by atoms with Crippen LogP contribution in [-0.4, -0.2) is 17.1 Å². The van der Waals surface area contributed by atoms with Crippen molar-refractivity contribution in [3.05, 3.63) is 53.8 Å².